The first kappa shape index (κ1) is 32.4. The average molecular weight is 747 g/mol. The summed E-state index contributed by atoms with van der Waals surface area (Å²) in [6.45, 7) is 0. The molecule has 13 aromatic rings. The van der Waals surface area contributed by atoms with Crippen LogP contribution in [0.5, 0.6) is 0 Å². The topological polar surface area (TPSA) is 13.1 Å². The maximum absolute atomic E-state index is 6.69. The van der Waals surface area contributed by atoms with Crippen LogP contribution in [0.4, 0.5) is 0 Å². The minimum Gasteiger partial charge on any atom is -0.456 e. The SMILES string of the molecule is c1ccc2c(c1)ccc1c3ccccc3c(-c3ccc4cc(-c5ccc6c(c5)oc5cc(-c7cc8c9ccccc9ccc8c8ccccc78)ccc56)ccc4c3)cc21. The molecule has 0 aliphatic heterocycles. The zero-order valence-corrected chi connectivity index (χ0v) is 32.0. The van der Waals surface area contributed by atoms with Gasteiger partial charge in [-0.15, -0.1) is 0 Å². The van der Waals surface area contributed by atoms with Gasteiger partial charge in [0.25, 0.3) is 0 Å². The molecule has 0 bridgehead atoms. The van der Waals surface area contributed by atoms with Gasteiger partial charge in [0.1, 0.15) is 11.2 Å². The highest BCUT2D eigenvalue weighted by atomic mass is 16.3. The summed E-state index contributed by atoms with van der Waals surface area (Å²) in [6.07, 6.45) is 0. The van der Waals surface area contributed by atoms with E-state index in [1.54, 1.807) is 0 Å². The zero-order valence-electron chi connectivity index (χ0n) is 32.0. The fourth-order valence-electron chi connectivity index (χ4n) is 9.92. The second-order valence-corrected chi connectivity index (χ2v) is 16.0. The number of rotatable bonds is 3. The first-order valence-electron chi connectivity index (χ1n) is 20.4. The molecule has 0 aliphatic rings. The molecule has 1 heterocycles. The Hall–Kier alpha value is -7.74. The van der Waals surface area contributed by atoms with Crippen LogP contribution in [0.2, 0.25) is 0 Å². The molecule has 0 N–H and O–H groups in total. The Labute approximate surface area is 340 Å². The second-order valence-electron chi connectivity index (χ2n) is 16.0. The number of benzene rings is 12. The van der Waals surface area contributed by atoms with Crippen molar-refractivity contribution in [3.8, 4) is 33.4 Å². The van der Waals surface area contributed by atoms with Crippen LogP contribution >= 0.6 is 0 Å². The van der Waals surface area contributed by atoms with Crippen LogP contribution in [0, 0.1) is 0 Å². The van der Waals surface area contributed by atoms with Crippen molar-refractivity contribution in [2.24, 2.45) is 0 Å². The van der Waals surface area contributed by atoms with Gasteiger partial charge in [-0.25, -0.2) is 0 Å². The maximum Gasteiger partial charge on any atom is 0.136 e. The van der Waals surface area contributed by atoms with Crippen molar-refractivity contribution in [3.05, 3.63) is 206 Å². The van der Waals surface area contributed by atoms with Crippen LogP contribution in [0.1, 0.15) is 0 Å². The van der Waals surface area contributed by atoms with Crippen molar-refractivity contribution < 1.29 is 4.42 Å². The molecule has 0 atom stereocenters. The minimum absolute atomic E-state index is 0.898. The summed E-state index contributed by atoms with van der Waals surface area (Å²) in [5, 5.41) is 20.0. The van der Waals surface area contributed by atoms with Gasteiger partial charge in [0.15, 0.2) is 0 Å². The lowest BCUT2D eigenvalue weighted by molar-refractivity contribution is 0.669. The Morgan fingerprint density at radius 2 is 0.559 bits per heavy atom. The molecular formula is C58H34O. The van der Waals surface area contributed by atoms with E-state index in [1.165, 1.54) is 97.7 Å². The van der Waals surface area contributed by atoms with E-state index < -0.39 is 0 Å². The Bertz CT molecular complexity index is 3900. The monoisotopic (exact) mass is 746 g/mol. The largest absolute Gasteiger partial charge is 0.456 e. The van der Waals surface area contributed by atoms with Gasteiger partial charge in [-0.2, -0.15) is 0 Å². The van der Waals surface area contributed by atoms with Gasteiger partial charge in [-0.1, -0.05) is 158 Å². The molecule has 0 radical (unpaired) electrons. The van der Waals surface area contributed by atoms with Gasteiger partial charge >= 0.3 is 0 Å². The molecular weight excluding hydrogens is 713 g/mol. The standard InChI is InChI=1S/C58H34O/c1-3-11-43-35(9-1)21-25-49-45-13-5-7-15-47(45)53(33-55(43)49)41-20-19-37-29-38(17-18-39(37)30-41)40-23-27-51-52-28-24-42(32-58(52)59-57(51)31-40)54-34-56-44-12-4-2-10-36(44)22-26-50(56)46-14-6-8-16-48(46)54/h1-34H. The third kappa shape index (κ3) is 4.92. The van der Waals surface area contributed by atoms with Gasteiger partial charge in [0.05, 0.1) is 0 Å². The fraction of sp³-hybridized carbons (Fsp3) is 0. The van der Waals surface area contributed by atoms with E-state index in [0.29, 0.717) is 0 Å². The molecule has 12 aromatic carbocycles. The predicted octanol–water partition coefficient (Wildman–Crippen LogP) is 16.7. The molecule has 0 aliphatic carbocycles. The first-order chi connectivity index (χ1) is 29.2. The minimum atomic E-state index is 0.898. The van der Waals surface area contributed by atoms with E-state index in [0.717, 1.165) is 33.1 Å². The normalized spacial score (nSPS) is 12.1. The molecule has 0 unspecified atom stereocenters. The van der Waals surface area contributed by atoms with Crippen LogP contribution in [0.25, 0.3) is 131 Å². The highest BCUT2D eigenvalue weighted by Gasteiger charge is 2.16. The Kier molecular flexibility index (Phi) is 6.79. The lowest BCUT2D eigenvalue weighted by Crippen LogP contribution is -1.87. The number of hydrogen-bond acceptors (Lipinski definition) is 1. The first-order valence-corrected chi connectivity index (χ1v) is 20.4. The molecule has 13 rings (SSSR count). The van der Waals surface area contributed by atoms with Gasteiger partial charge in [0.2, 0.25) is 0 Å². The molecule has 0 saturated heterocycles. The molecule has 0 saturated carbocycles. The van der Waals surface area contributed by atoms with Gasteiger partial charge in [-0.05, 0) is 157 Å². The molecule has 272 valence electrons. The maximum atomic E-state index is 6.69. The third-order valence-electron chi connectivity index (χ3n) is 12.8. The van der Waals surface area contributed by atoms with Crippen molar-refractivity contribution in [1.29, 1.82) is 0 Å². The van der Waals surface area contributed by atoms with Crippen molar-refractivity contribution in [1.82, 2.24) is 0 Å². The van der Waals surface area contributed by atoms with E-state index in [9.17, 15) is 0 Å². The summed E-state index contributed by atoms with van der Waals surface area (Å²) in [5.41, 5.74) is 8.97. The van der Waals surface area contributed by atoms with Gasteiger partial charge in [0, 0.05) is 10.8 Å². The molecule has 1 heteroatoms. The van der Waals surface area contributed by atoms with Gasteiger partial charge < -0.3 is 4.42 Å². The van der Waals surface area contributed by atoms with Crippen LogP contribution in [-0.4, -0.2) is 0 Å². The lowest BCUT2D eigenvalue weighted by atomic mass is 9.90. The summed E-state index contributed by atoms with van der Waals surface area (Å²) < 4.78 is 6.69. The Morgan fingerprint density at radius 3 is 1.14 bits per heavy atom. The molecule has 1 aromatic heterocycles. The number of hydrogen-bond donors (Lipinski definition) is 0. The number of furan rings is 1. The van der Waals surface area contributed by atoms with Crippen molar-refractivity contribution >= 4 is 97.3 Å². The summed E-state index contributed by atoms with van der Waals surface area (Å²) >= 11 is 0. The molecule has 0 spiro atoms. The average Bonchev–Trinajstić information content (AvgIpc) is 3.67. The van der Waals surface area contributed by atoms with Crippen LogP contribution < -0.4 is 0 Å². The summed E-state index contributed by atoms with van der Waals surface area (Å²) in [4.78, 5) is 0. The van der Waals surface area contributed by atoms with Crippen molar-refractivity contribution in [3.63, 3.8) is 0 Å². The van der Waals surface area contributed by atoms with Crippen molar-refractivity contribution in [2.45, 2.75) is 0 Å². The van der Waals surface area contributed by atoms with Crippen LogP contribution in [0.3, 0.4) is 0 Å². The summed E-state index contributed by atoms with van der Waals surface area (Å²) in [7, 11) is 0. The third-order valence-corrected chi connectivity index (χ3v) is 12.8. The van der Waals surface area contributed by atoms with Crippen molar-refractivity contribution in [2.75, 3.05) is 0 Å². The van der Waals surface area contributed by atoms with E-state index in [1.807, 2.05) is 0 Å². The molecule has 1 nitrogen and oxygen atoms in total. The number of fused-ring (bicyclic) bond motifs is 14. The van der Waals surface area contributed by atoms with E-state index in [-0.39, 0.29) is 0 Å². The van der Waals surface area contributed by atoms with Crippen LogP contribution in [-0.2, 0) is 0 Å². The summed E-state index contributed by atoms with van der Waals surface area (Å²) in [6, 6.07) is 75.8. The van der Waals surface area contributed by atoms with Crippen LogP contribution in [0.15, 0.2) is 211 Å². The second kappa shape index (κ2) is 12.4. The molecule has 59 heavy (non-hydrogen) atoms. The zero-order chi connectivity index (χ0) is 38.6. The quantitative estimate of drug-likeness (QED) is 0.164. The van der Waals surface area contributed by atoms with E-state index in [4.69, 9.17) is 4.42 Å². The fourth-order valence-corrected chi connectivity index (χ4v) is 9.92. The smallest absolute Gasteiger partial charge is 0.136 e. The highest BCUT2D eigenvalue weighted by molar-refractivity contribution is 6.23. The molecule has 0 amide bonds. The van der Waals surface area contributed by atoms with E-state index >= 15 is 0 Å². The Morgan fingerprint density at radius 1 is 0.203 bits per heavy atom. The van der Waals surface area contributed by atoms with Gasteiger partial charge in [-0.3, -0.25) is 0 Å². The van der Waals surface area contributed by atoms with E-state index in [2.05, 4.69) is 206 Å². The summed E-state index contributed by atoms with van der Waals surface area (Å²) in [5.74, 6) is 0. The predicted molar refractivity (Wildman–Crippen MR) is 253 cm³/mol. The lowest BCUT2D eigenvalue weighted by Gasteiger charge is -2.14. The Balaban J connectivity index is 0.893. The molecule has 0 fully saturated rings. The highest BCUT2D eigenvalue weighted by Crippen LogP contribution is 2.42.